The smallest absolute Gasteiger partial charge is 0.237 e. The van der Waals surface area contributed by atoms with Crippen LogP contribution in [0.4, 0.5) is 0 Å². The molecule has 0 spiro atoms. The van der Waals surface area contributed by atoms with E-state index in [2.05, 4.69) is 36.4 Å². The molecule has 1 atom stereocenters. The summed E-state index contributed by atoms with van der Waals surface area (Å²) in [7, 11) is 0. The molecule has 1 aromatic carbocycles. The second-order valence-corrected chi connectivity index (χ2v) is 6.48. The van der Waals surface area contributed by atoms with E-state index in [9.17, 15) is 4.79 Å². The summed E-state index contributed by atoms with van der Waals surface area (Å²) in [6.07, 6.45) is 0.659. The Kier molecular flexibility index (Phi) is 5.68. The maximum atomic E-state index is 11.9. The molecule has 1 aromatic heterocycles. The van der Waals surface area contributed by atoms with Crippen molar-refractivity contribution >= 4 is 21.8 Å². The number of benzene rings is 1. The van der Waals surface area contributed by atoms with Gasteiger partial charge in [-0.25, -0.2) is 4.98 Å². The highest BCUT2D eigenvalue weighted by Crippen LogP contribution is 2.18. The maximum absolute atomic E-state index is 11.9. The van der Waals surface area contributed by atoms with Gasteiger partial charge in [0.15, 0.2) is 5.82 Å². The Morgan fingerprint density at radius 2 is 2.05 bits per heavy atom. The Bertz CT molecular complexity index is 623. The monoisotopic (exact) mass is 365 g/mol. The summed E-state index contributed by atoms with van der Waals surface area (Å²) in [5, 5.41) is 9.75. The first kappa shape index (κ1) is 16.6. The van der Waals surface area contributed by atoms with Crippen molar-refractivity contribution in [1.82, 2.24) is 20.5 Å². The zero-order valence-electron chi connectivity index (χ0n) is 12.6. The Labute approximate surface area is 138 Å². The van der Waals surface area contributed by atoms with Crippen LogP contribution in [-0.4, -0.2) is 27.1 Å². The van der Waals surface area contributed by atoms with Gasteiger partial charge in [-0.05, 0) is 24.5 Å². The van der Waals surface area contributed by atoms with E-state index >= 15 is 0 Å². The number of hydrogen-bond acceptors (Lipinski definition) is 4. The number of rotatable bonds is 6. The molecule has 0 saturated heterocycles. The summed E-state index contributed by atoms with van der Waals surface area (Å²) in [5.41, 5.74) is 6.74. The number of carbonyl (C=O) groups excluding carboxylic acids is 1. The van der Waals surface area contributed by atoms with Crippen molar-refractivity contribution in [3.63, 3.8) is 0 Å². The van der Waals surface area contributed by atoms with Gasteiger partial charge in [-0.1, -0.05) is 41.9 Å². The van der Waals surface area contributed by atoms with Gasteiger partial charge in [-0.3, -0.25) is 9.89 Å². The summed E-state index contributed by atoms with van der Waals surface area (Å²) in [5.74, 6) is 1.41. The van der Waals surface area contributed by atoms with Crippen molar-refractivity contribution in [2.75, 3.05) is 0 Å². The molecule has 0 aliphatic heterocycles. The van der Waals surface area contributed by atoms with Gasteiger partial charge < -0.3 is 11.1 Å². The fourth-order valence-corrected chi connectivity index (χ4v) is 2.28. The molecule has 0 radical (unpaired) electrons. The minimum atomic E-state index is -0.492. The second kappa shape index (κ2) is 7.51. The molecule has 0 bridgehead atoms. The van der Waals surface area contributed by atoms with Gasteiger partial charge in [0.25, 0.3) is 0 Å². The first-order chi connectivity index (χ1) is 10.5. The number of nitrogens with zero attached hydrogens (tertiary/aromatic N) is 2. The predicted molar refractivity (Wildman–Crippen MR) is 88.8 cm³/mol. The molecule has 6 nitrogen and oxygen atoms in total. The van der Waals surface area contributed by atoms with Crippen LogP contribution in [-0.2, 0) is 11.3 Å². The summed E-state index contributed by atoms with van der Waals surface area (Å²) in [4.78, 5) is 16.2. The summed E-state index contributed by atoms with van der Waals surface area (Å²) in [6.45, 7) is 4.36. The van der Waals surface area contributed by atoms with Gasteiger partial charge >= 0.3 is 0 Å². The lowest BCUT2D eigenvalue weighted by Gasteiger charge is -2.13. The number of aromatic nitrogens is 3. The van der Waals surface area contributed by atoms with Crippen LogP contribution in [0.2, 0.25) is 0 Å². The zero-order valence-corrected chi connectivity index (χ0v) is 14.2. The number of halogens is 1. The molecular formula is C15H20BrN5O. The third-order valence-corrected chi connectivity index (χ3v) is 3.65. The number of amides is 1. The molecule has 4 N–H and O–H groups in total. The maximum Gasteiger partial charge on any atom is 0.237 e. The van der Waals surface area contributed by atoms with E-state index in [4.69, 9.17) is 5.73 Å². The van der Waals surface area contributed by atoms with Crippen LogP contribution in [0.15, 0.2) is 28.7 Å². The SMILES string of the molecule is CC(C)C[C@H](N)C(=O)NCc1nc(-c2ccc(Br)cc2)n[nH]1. The van der Waals surface area contributed by atoms with Crippen LogP contribution in [0, 0.1) is 5.92 Å². The largest absolute Gasteiger partial charge is 0.347 e. The standard InChI is InChI=1S/C15H20BrN5O/c1-9(2)7-12(17)15(22)18-8-13-19-14(21-20-13)10-3-5-11(16)6-4-10/h3-6,9,12H,7-8,17H2,1-2H3,(H,18,22)(H,19,20,21)/t12-/m0/s1. The Balaban J connectivity index is 1.92. The molecule has 2 aromatic rings. The molecule has 118 valence electrons. The lowest BCUT2D eigenvalue weighted by atomic mass is 10.0. The highest BCUT2D eigenvalue weighted by atomic mass is 79.9. The van der Waals surface area contributed by atoms with Crippen LogP contribution in [0.1, 0.15) is 26.1 Å². The van der Waals surface area contributed by atoms with Crippen LogP contribution in [0.25, 0.3) is 11.4 Å². The number of hydrogen-bond donors (Lipinski definition) is 3. The van der Waals surface area contributed by atoms with Crippen LogP contribution >= 0.6 is 15.9 Å². The molecule has 1 heterocycles. The molecule has 2 rings (SSSR count). The number of aromatic amines is 1. The fraction of sp³-hybridized carbons (Fsp3) is 0.400. The van der Waals surface area contributed by atoms with E-state index < -0.39 is 6.04 Å². The molecule has 0 aliphatic rings. The van der Waals surface area contributed by atoms with Gasteiger partial charge in [-0.15, -0.1) is 0 Å². The fourth-order valence-electron chi connectivity index (χ4n) is 2.02. The number of H-pyrrole nitrogens is 1. The first-order valence-corrected chi connectivity index (χ1v) is 7.95. The minimum absolute atomic E-state index is 0.171. The number of nitrogens with two attached hydrogens (primary N) is 1. The topological polar surface area (TPSA) is 96.7 Å². The Morgan fingerprint density at radius 3 is 2.68 bits per heavy atom. The van der Waals surface area contributed by atoms with E-state index in [1.165, 1.54) is 0 Å². The lowest BCUT2D eigenvalue weighted by Crippen LogP contribution is -2.41. The normalized spacial score (nSPS) is 12.4. The van der Waals surface area contributed by atoms with Crippen LogP contribution < -0.4 is 11.1 Å². The number of carbonyl (C=O) groups is 1. The van der Waals surface area contributed by atoms with Crippen molar-refractivity contribution in [2.24, 2.45) is 11.7 Å². The van der Waals surface area contributed by atoms with Crippen molar-refractivity contribution in [3.8, 4) is 11.4 Å². The highest BCUT2D eigenvalue weighted by molar-refractivity contribution is 9.10. The second-order valence-electron chi connectivity index (χ2n) is 5.57. The van der Waals surface area contributed by atoms with Crippen molar-refractivity contribution in [2.45, 2.75) is 32.9 Å². The van der Waals surface area contributed by atoms with Crippen molar-refractivity contribution in [1.29, 1.82) is 0 Å². The first-order valence-electron chi connectivity index (χ1n) is 7.16. The molecule has 1 amide bonds. The summed E-state index contributed by atoms with van der Waals surface area (Å²) < 4.78 is 0.999. The quantitative estimate of drug-likeness (QED) is 0.730. The molecule has 22 heavy (non-hydrogen) atoms. The van der Waals surface area contributed by atoms with Crippen molar-refractivity contribution < 1.29 is 4.79 Å². The Morgan fingerprint density at radius 1 is 1.36 bits per heavy atom. The van der Waals surface area contributed by atoms with Gasteiger partial charge in [0.05, 0.1) is 12.6 Å². The van der Waals surface area contributed by atoms with Gasteiger partial charge in [0.1, 0.15) is 5.82 Å². The van der Waals surface area contributed by atoms with E-state index in [0.29, 0.717) is 24.0 Å². The third-order valence-electron chi connectivity index (χ3n) is 3.13. The minimum Gasteiger partial charge on any atom is -0.347 e. The van der Waals surface area contributed by atoms with Crippen LogP contribution in [0.3, 0.4) is 0 Å². The molecule has 0 saturated carbocycles. The van der Waals surface area contributed by atoms with E-state index in [1.807, 2.05) is 38.1 Å². The third kappa shape index (κ3) is 4.64. The molecule has 7 heteroatoms. The molecule has 0 aliphatic carbocycles. The molecule has 0 fully saturated rings. The van der Waals surface area contributed by atoms with E-state index in [0.717, 1.165) is 10.0 Å². The van der Waals surface area contributed by atoms with E-state index in [1.54, 1.807) is 0 Å². The Hall–Kier alpha value is -1.73. The summed E-state index contributed by atoms with van der Waals surface area (Å²) >= 11 is 3.39. The zero-order chi connectivity index (χ0) is 16.1. The average Bonchev–Trinajstić information content (AvgIpc) is 2.93. The summed E-state index contributed by atoms with van der Waals surface area (Å²) in [6, 6.07) is 7.22. The van der Waals surface area contributed by atoms with Crippen molar-refractivity contribution in [3.05, 3.63) is 34.6 Å². The van der Waals surface area contributed by atoms with E-state index in [-0.39, 0.29) is 12.5 Å². The lowest BCUT2D eigenvalue weighted by molar-refractivity contribution is -0.122. The highest BCUT2D eigenvalue weighted by Gasteiger charge is 2.15. The average molecular weight is 366 g/mol. The number of nitrogens with one attached hydrogen (secondary N) is 2. The predicted octanol–water partition coefficient (Wildman–Crippen LogP) is 2.22. The van der Waals surface area contributed by atoms with Gasteiger partial charge in [0, 0.05) is 10.0 Å². The molecular weight excluding hydrogens is 346 g/mol. The van der Waals surface area contributed by atoms with Gasteiger partial charge in [0.2, 0.25) is 5.91 Å². The molecule has 0 unspecified atom stereocenters. The van der Waals surface area contributed by atoms with Gasteiger partial charge in [-0.2, -0.15) is 5.10 Å². The van der Waals surface area contributed by atoms with Crippen LogP contribution in [0.5, 0.6) is 0 Å².